The minimum atomic E-state index is -4.72. The average Bonchev–Trinajstić information content (AvgIpc) is 2.65. The van der Waals surface area contributed by atoms with Gasteiger partial charge in [-0.3, -0.25) is 0 Å². The molecule has 2 rings (SSSR count). The Bertz CT molecular complexity index is 630. The Morgan fingerprint density at radius 3 is 2.05 bits per heavy atom. The molecule has 1 aromatic carbocycles. The Morgan fingerprint density at radius 1 is 1.05 bits per heavy atom. The summed E-state index contributed by atoms with van der Waals surface area (Å²) in [6, 6.07) is 5.20. The number of aryl methyl sites for hydroxylation is 1. The van der Waals surface area contributed by atoms with E-state index in [2.05, 4.69) is 9.72 Å². The van der Waals surface area contributed by atoms with Gasteiger partial charge in [0.25, 0.3) is 0 Å². The number of rotatable bonds is 3. The molecule has 0 aliphatic carbocycles. The number of hydrogen-bond acceptors (Lipinski definition) is 2. The summed E-state index contributed by atoms with van der Waals surface area (Å²) in [6.07, 6.45) is -5.64. The summed E-state index contributed by atoms with van der Waals surface area (Å²) in [5.74, 6) is -0.311. The maximum Gasteiger partial charge on any atom is 0.573 e. The molecule has 0 fully saturated rings. The van der Waals surface area contributed by atoms with Gasteiger partial charge in [-0.25, -0.2) is 0 Å². The number of aliphatic hydroxyl groups is 1. The van der Waals surface area contributed by atoms with Crippen LogP contribution in [0.4, 0.5) is 13.2 Å². The summed E-state index contributed by atoms with van der Waals surface area (Å²) in [5, 5.41) is 10.3. The molecule has 3 nitrogen and oxygen atoms in total. The van der Waals surface area contributed by atoms with Gasteiger partial charge < -0.3 is 14.8 Å². The average molecular weight is 299 g/mol. The van der Waals surface area contributed by atoms with Crippen molar-refractivity contribution in [2.75, 3.05) is 0 Å². The number of halogens is 3. The fraction of sp³-hybridized carbons (Fsp3) is 0.333. The second-order valence-electron chi connectivity index (χ2n) is 4.93. The monoisotopic (exact) mass is 299 g/mol. The molecule has 2 N–H and O–H groups in total. The predicted molar refractivity (Wildman–Crippen MR) is 72.2 cm³/mol. The summed E-state index contributed by atoms with van der Waals surface area (Å²) < 4.78 is 40.1. The van der Waals surface area contributed by atoms with E-state index in [-0.39, 0.29) is 5.75 Å². The van der Waals surface area contributed by atoms with E-state index in [1.54, 1.807) is 0 Å². The number of ether oxygens (including phenoxy) is 1. The van der Waals surface area contributed by atoms with E-state index in [0.29, 0.717) is 11.3 Å². The molecule has 1 heterocycles. The van der Waals surface area contributed by atoms with Crippen molar-refractivity contribution in [1.29, 1.82) is 0 Å². The third-order valence-corrected chi connectivity index (χ3v) is 3.55. The summed E-state index contributed by atoms with van der Waals surface area (Å²) in [5.41, 5.74) is 4.10. The summed E-state index contributed by atoms with van der Waals surface area (Å²) in [7, 11) is 0. The quantitative estimate of drug-likeness (QED) is 0.902. The lowest BCUT2D eigenvalue weighted by molar-refractivity contribution is -0.274. The highest BCUT2D eigenvalue weighted by atomic mass is 19.4. The topological polar surface area (TPSA) is 45.2 Å². The lowest BCUT2D eigenvalue weighted by Crippen LogP contribution is -2.17. The smallest absolute Gasteiger partial charge is 0.406 e. The van der Waals surface area contributed by atoms with Crippen LogP contribution in [0.3, 0.4) is 0 Å². The zero-order valence-electron chi connectivity index (χ0n) is 11.9. The summed E-state index contributed by atoms with van der Waals surface area (Å²) in [6.45, 7) is 5.73. The molecule has 0 aliphatic heterocycles. The van der Waals surface area contributed by atoms with E-state index >= 15 is 0 Å². The van der Waals surface area contributed by atoms with Crippen LogP contribution < -0.4 is 4.74 Å². The van der Waals surface area contributed by atoms with Crippen LogP contribution >= 0.6 is 0 Å². The van der Waals surface area contributed by atoms with E-state index in [1.165, 1.54) is 24.3 Å². The van der Waals surface area contributed by atoms with Gasteiger partial charge in [0, 0.05) is 5.69 Å². The molecule has 6 heteroatoms. The number of aromatic nitrogens is 1. The third kappa shape index (κ3) is 3.39. The number of H-pyrrole nitrogens is 1. The normalized spacial score (nSPS) is 13.3. The molecule has 0 aliphatic rings. The molecule has 1 aromatic heterocycles. The maximum absolute atomic E-state index is 12.1. The van der Waals surface area contributed by atoms with Gasteiger partial charge in [-0.15, -0.1) is 13.2 Å². The van der Waals surface area contributed by atoms with Crippen LogP contribution in [0.2, 0.25) is 0 Å². The molecular formula is C15H16F3NO2. The van der Waals surface area contributed by atoms with E-state index < -0.39 is 12.5 Å². The van der Waals surface area contributed by atoms with Gasteiger partial charge in [0.1, 0.15) is 11.9 Å². The van der Waals surface area contributed by atoms with Gasteiger partial charge in [-0.2, -0.15) is 0 Å². The number of aliphatic hydroxyl groups excluding tert-OH is 1. The molecule has 0 saturated carbocycles. The van der Waals surface area contributed by atoms with Crippen LogP contribution in [0, 0.1) is 20.8 Å². The minimum Gasteiger partial charge on any atom is -0.406 e. The van der Waals surface area contributed by atoms with Gasteiger partial charge in [0.05, 0.1) is 5.69 Å². The first-order valence-corrected chi connectivity index (χ1v) is 6.38. The Morgan fingerprint density at radius 2 is 1.62 bits per heavy atom. The number of benzene rings is 1. The number of alkyl halides is 3. The second kappa shape index (κ2) is 5.44. The fourth-order valence-electron chi connectivity index (χ4n) is 2.16. The molecular weight excluding hydrogens is 283 g/mol. The van der Waals surface area contributed by atoms with E-state index in [1.807, 2.05) is 20.8 Å². The summed E-state index contributed by atoms with van der Waals surface area (Å²) in [4.78, 5) is 3.10. The highest BCUT2D eigenvalue weighted by Gasteiger charge is 2.31. The molecule has 2 aromatic rings. The Hall–Kier alpha value is -1.95. The van der Waals surface area contributed by atoms with Crippen molar-refractivity contribution in [2.24, 2.45) is 0 Å². The first-order valence-electron chi connectivity index (χ1n) is 6.38. The van der Waals surface area contributed by atoms with Crippen LogP contribution in [0.1, 0.15) is 34.2 Å². The van der Waals surface area contributed by atoms with Gasteiger partial charge in [-0.1, -0.05) is 12.1 Å². The predicted octanol–water partition coefficient (Wildman–Crippen LogP) is 3.92. The van der Waals surface area contributed by atoms with Gasteiger partial charge in [-0.05, 0) is 49.6 Å². The maximum atomic E-state index is 12.1. The molecule has 1 unspecified atom stereocenters. The van der Waals surface area contributed by atoms with Crippen LogP contribution in [-0.4, -0.2) is 16.5 Å². The summed E-state index contributed by atoms with van der Waals surface area (Å²) >= 11 is 0. The highest BCUT2D eigenvalue weighted by Crippen LogP contribution is 2.29. The van der Waals surface area contributed by atoms with Crippen molar-refractivity contribution >= 4 is 0 Å². The molecule has 114 valence electrons. The molecule has 0 bridgehead atoms. The molecule has 1 atom stereocenters. The van der Waals surface area contributed by atoms with Crippen molar-refractivity contribution in [3.63, 3.8) is 0 Å². The van der Waals surface area contributed by atoms with Crippen LogP contribution in [-0.2, 0) is 0 Å². The standard InChI is InChI=1S/C15H16F3NO2/c1-8-9(2)13(19-10(8)3)14(20)11-4-6-12(7-5-11)21-15(16,17)18/h4-7,14,19-20H,1-3H3. The first-order chi connectivity index (χ1) is 9.69. The fourth-order valence-corrected chi connectivity index (χ4v) is 2.16. The zero-order chi connectivity index (χ0) is 15.8. The van der Waals surface area contributed by atoms with Crippen LogP contribution in [0.5, 0.6) is 5.75 Å². The van der Waals surface area contributed by atoms with Gasteiger partial charge >= 0.3 is 6.36 Å². The minimum absolute atomic E-state index is 0.311. The first kappa shape index (κ1) is 15.4. The van der Waals surface area contributed by atoms with Crippen molar-refractivity contribution in [3.8, 4) is 5.75 Å². The lowest BCUT2D eigenvalue weighted by atomic mass is 10.0. The molecule has 0 amide bonds. The Labute approximate surface area is 120 Å². The van der Waals surface area contributed by atoms with Crippen LogP contribution in [0.25, 0.3) is 0 Å². The highest BCUT2D eigenvalue weighted by molar-refractivity contribution is 5.40. The van der Waals surface area contributed by atoms with Gasteiger partial charge in [0.15, 0.2) is 0 Å². The van der Waals surface area contributed by atoms with Crippen molar-refractivity contribution < 1.29 is 23.0 Å². The van der Waals surface area contributed by atoms with E-state index in [9.17, 15) is 18.3 Å². The van der Waals surface area contributed by atoms with Gasteiger partial charge in [0.2, 0.25) is 0 Å². The van der Waals surface area contributed by atoms with E-state index in [0.717, 1.165) is 16.8 Å². The van der Waals surface area contributed by atoms with Crippen LogP contribution in [0.15, 0.2) is 24.3 Å². The van der Waals surface area contributed by atoms with Crippen molar-refractivity contribution in [3.05, 3.63) is 52.3 Å². The van der Waals surface area contributed by atoms with E-state index in [4.69, 9.17) is 0 Å². The van der Waals surface area contributed by atoms with Crippen molar-refractivity contribution in [1.82, 2.24) is 4.98 Å². The van der Waals surface area contributed by atoms with Crippen molar-refractivity contribution in [2.45, 2.75) is 33.2 Å². The largest absolute Gasteiger partial charge is 0.573 e. The SMILES string of the molecule is Cc1[nH]c(C(O)c2ccc(OC(F)(F)F)cc2)c(C)c1C. The lowest BCUT2D eigenvalue weighted by Gasteiger charge is -2.13. The Kier molecular flexibility index (Phi) is 4.00. The molecule has 21 heavy (non-hydrogen) atoms. The molecule has 0 radical (unpaired) electrons. The zero-order valence-corrected chi connectivity index (χ0v) is 11.9. The Balaban J connectivity index is 2.24. The second-order valence-corrected chi connectivity index (χ2v) is 4.93. The number of hydrogen-bond donors (Lipinski definition) is 2. The molecule has 0 saturated heterocycles. The number of aromatic amines is 1. The molecule has 0 spiro atoms. The number of nitrogens with one attached hydrogen (secondary N) is 1. The third-order valence-electron chi connectivity index (χ3n) is 3.55.